The van der Waals surface area contributed by atoms with Gasteiger partial charge in [0, 0.05) is 38.7 Å². The van der Waals surface area contributed by atoms with Crippen LogP contribution in [0.2, 0.25) is 0 Å². The molecule has 0 spiro atoms. The standard InChI is InChI=1S/C24H27N3O2/c1-2-29-17-23(28)27-15-21-14-26(13-20-11-7-6-10-19(20)12-25)16-22(21)24(27)18-8-4-3-5-9-18/h3-11,21-22,24H,2,13-17H2,1H3/t21-,22-,24+/m0/s1. The fourth-order valence-electron chi connectivity index (χ4n) is 4.88. The van der Waals surface area contributed by atoms with Crippen LogP contribution in [0, 0.1) is 23.2 Å². The fourth-order valence-corrected chi connectivity index (χ4v) is 4.88. The molecule has 5 nitrogen and oxygen atoms in total. The van der Waals surface area contributed by atoms with Crippen molar-refractivity contribution < 1.29 is 9.53 Å². The zero-order valence-corrected chi connectivity index (χ0v) is 16.8. The van der Waals surface area contributed by atoms with Crippen molar-refractivity contribution in [1.29, 1.82) is 5.26 Å². The lowest BCUT2D eigenvalue weighted by Gasteiger charge is -2.30. The number of benzene rings is 2. The highest BCUT2D eigenvalue weighted by Gasteiger charge is 2.48. The Morgan fingerprint density at radius 2 is 1.86 bits per heavy atom. The van der Waals surface area contributed by atoms with Crippen molar-refractivity contribution in [1.82, 2.24) is 9.80 Å². The first-order valence-corrected chi connectivity index (χ1v) is 10.3. The van der Waals surface area contributed by atoms with Crippen LogP contribution in [-0.4, -0.2) is 48.6 Å². The predicted molar refractivity (Wildman–Crippen MR) is 111 cm³/mol. The third-order valence-corrected chi connectivity index (χ3v) is 6.16. The number of nitrogens with zero attached hydrogens (tertiary/aromatic N) is 3. The summed E-state index contributed by atoms with van der Waals surface area (Å²) >= 11 is 0. The van der Waals surface area contributed by atoms with Gasteiger partial charge in [-0.15, -0.1) is 0 Å². The molecule has 0 saturated carbocycles. The molecule has 0 bridgehead atoms. The highest BCUT2D eigenvalue weighted by atomic mass is 16.5. The van der Waals surface area contributed by atoms with Gasteiger partial charge in [-0.25, -0.2) is 0 Å². The van der Waals surface area contributed by atoms with Gasteiger partial charge in [0.05, 0.1) is 17.7 Å². The quantitative estimate of drug-likeness (QED) is 0.761. The second-order valence-corrected chi connectivity index (χ2v) is 7.93. The lowest BCUT2D eigenvalue weighted by Crippen LogP contribution is -2.37. The Bertz CT molecular complexity index is 892. The SMILES string of the molecule is CCOCC(=O)N1C[C@@H]2CN(Cc3ccccc3C#N)C[C@@H]2[C@H]1c1ccccc1. The molecule has 2 aromatic carbocycles. The number of hydrogen-bond donors (Lipinski definition) is 0. The molecule has 2 heterocycles. The van der Waals surface area contributed by atoms with Crippen molar-refractivity contribution in [2.24, 2.45) is 11.8 Å². The lowest BCUT2D eigenvalue weighted by molar-refractivity contribution is -0.137. The third-order valence-electron chi connectivity index (χ3n) is 6.16. The second-order valence-electron chi connectivity index (χ2n) is 7.93. The monoisotopic (exact) mass is 389 g/mol. The number of carbonyl (C=O) groups is 1. The number of carbonyl (C=O) groups excluding carboxylic acids is 1. The molecule has 2 aliphatic heterocycles. The summed E-state index contributed by atoms with van der Waals surface area (Å²) in [6, 6.07) is 20.6. The first kappa shape index (κ1) is 19.6. The molecule has 2 aromatic rings. The molecule has 0 unspecified atom stereocenters. The summed E-state index contributed by atoms with van der Waals surface area (Å²) in [7, 11) is 0. The van der Waals surface area contributed by atoms with Crippen molar-refractivity contribution in [3.63, 3.8) is 0 Å². The molecule has 4 rings (SSSR count). The van der Waals surface area contributed by atoms with Crippen molar-refractivity contribution in [3.05, 3.63) is 71.3 Å². The van der Waals surface area contributed by atoms with Gasteiger partial charge in [0.25, 0.3) is 0 Å². The van der Waals surface area contributed by atoms with Crippen LogP contribution in [0.1, 0.15) is 29.7 Å². The van der Waals surface area contributed by atoms with Gasteiger partial charge in [-0.05, 0) is 30.0 Å². The Labute approximate surface area is 172 Å². The predicted octanol–water partition coefficient (Wildman–Crippen LogP) is 3.23. The van der Waals surface area contributed by atoms with Gasteiger partial charge in [-0.1, -0.05) is 48.5 Å². The molecule has 0 aromatic heterocycles. The molecule has 2 fully saturated rings. The molecule has 5 heteroatoms. The van der Waals surface area contributed by atoms with Gasteiger partial charge in [-0.3, -0.25) is 9.69 Å². The number of nitriles is 1. The third kappa shape index (κ3) is 4.05. The maximum atomic E-state index is 12.8. The van der Waals surface area contributed by atoms with Crippen LogP contribution >= 0.6 is 0 Å². The molecule has 150 valence electrons. The maximum absolute atomic E-state index is 12.8. The molecule has 1 amide bonds. The molecule has 0 N–H and O–H groups in total. The van der Waals surface area contributed by atoms with Gasteiger partial charge in [0.15, 0.2) is 0 Å². The molecule has 0 radical (unpaired) electrons. The average Bonchev–Trinajstić information content (AvgIpc) is 3.30. The van der Waals surface area contributed by atoms with E-state index in [0.717, 1.165) is 37.3 Å². The summed E-state index contributed by atoms with van der Waals surface area (Å²) in [5.41, 5.74) is 3.03. The highest BCUT2D eigenvalue weighted by molar-refractivity contribution is 5.78. The first-order chi connectivity index (χ1) is 14.2. The Kier molecular flexibility index (Phi) is 5.94. The van der Waals surface area contributed by atoms with Crippen LogP contribution in [-0.2, 0) is 16.1 Å². The van der Waals surface area contributed by atoms with Crippen LogP contribution in [0.15, 0.2) is 54.6 Å². The normalized spacial score (nSPS) is 23.7. The van der Waals surface area contributed by atoms with Crippen molar-refractivity contribution in [3.8, 4) is 6.07 Å². The Morgan fingerprint density at radius 3 is 2.62 bits per heavy atom. The number of rotatable bonds is 6. The van der Waals surface area contributed by atoms with Crippen molar-refractivity contribution in [2.75, 3.05) is 32.8 Å². The largest absolute Gasteiger partial charge is 0.372 e. The molecule has 29 heavy (non-hydrogen) atoms. The summed E-state index contributed by atoms with van der Waals surface area (Å²) in [5, 5.41) is 9.39. The lowest BCUT2D eigenvalue weighted by atomic mass is 9.89. The smallest absolute Gasteiger partial charge is 0.249 e. The van der Waals surface area contributed by atoms with Crippen LogP contribution in [0.4, 0.5) is 0 Å². The Hall–Kier alpha value is -2.68. The fraction of sp³-hybridized carbons (Fsp3) is 0.417. The van der Waals surface area contributed by atoms with E-state index in [0.29, 0.717) is 18.4 Å². The summed E-state index contributed by atoms with van der Waals surface area (Å²) in [6.45, 7) is 6.05. The summed E-state index contributed by atoms with van der Waals surface area (Å²) in [6.07, 6.45) is 0. The van der Waals surface area contributed by atoms with Gasteiger partial charge in [-0.2, -0.15) is 5.26 Å². The number of likely N-dealkylation sites (tertiary alicyclic amines) is 2. The zero-order valence-electron chi connectivity index (χ0n) is 16.8. The van der Waals surface area contributed by atoms with Crippen LogP contribution in [0.25, 0.3) is 0 Å². The number of hydrogen-bond acceptors (Lipinski definition) is 4. The van der Waals surface area contributed by atoms with E-state index in [4.69, 9.17) is 4.74 Å². The minimum Gasteiger partial charge on any atom is -0.372 e. The second kappa shape index (κ2) is 8.77. The Morgan fingerprint density at radius 1 is 1.10 bits per heavy atom. The maximum Gasteiger partial charge on any atom is 0.249 e. The molecule has 3 atom stereocenters. The van der Waals surface area contributed by atoms with Gasteiger partial charge in [0.1, 0.15) is 6.61 Å². The topological polar surface area (TPSA) is 56.6 Å². The summed E-state index contributed by atoms with van der Waals surface area (Å²) < 4.78 is 5.41. The van der Waals surface area contributed by atoms with Crippen molar-refractivity contribution in [2.45, 2.75) is 19.5 Å². The molecule has 0 aliphatic carbocycles. The van der Waals surface area contributed by atoms with Crippen LogP contribution in [0.5, 0.6) is 0 Å². The summed E-state index contributed by atoms with van der Waals surface area (Å²) in [4.78, 5) is 17.3. The number of amides is 1. The number of fused-ring (bicyclic) bond motifs is 1. The minimum absolute atomic E-state index is 0.0801. The first-order valence-electron chi connectivity index (χ1n) is 10.3. The van der Waals surface area contributed by atoms with Crippen LogP contribution in [0.3, 0.4) is 0 Å². The van der Waals surface area contributed by atoms with E-state index in [1.165, 1.54) is 5.56 Å². The molecule has 2 aliphatic rings. The van der Waals surface area contributed by atoms with E-state index in [1.54, 1.807) is 0 Å². The van der Waals surface area contributed by atoms with Gasteiger partial charge in [0.2, 0.25) is 5.91 Å². The van der Waals surface area contributed by atoms with E-state index in [1.807, 2.05) is 54.3 Å². The minimum atomic E-state index is 0.0801. The van der Waals surface area contributed by atoms with E-state index in [-0.39, 0.29) is 18.6 Å². The van der Waals surface area contributed by atoms with Crippen molar-refractivity contribution >= 4 is 5.91 Å². The highest BCUT2D eigenvalue weighted by Crippen LogP contribution is 2.45. The summed E-state index contributed by atoms with van der Waals surface area (Å²) in [5.74, 6) is 0.925. The van der Waals surface area contributed by atoms with E-state index < -0.39 is 0 Å². The van der Waals surface area contributed by atoms with Gasteiger partial charge < -0.3 is 9.64 Å². The van der Waals surface area contributed by atoms with E-state index in [2.05, 4.69) is 23.1 Å². The molecule has 2 saturated heterocycles. The number of ether oxygens (including phenoxy) is 1. The molecular formula is C24H27N3O2. The van der Waals surface area contributed by atoms with E-state index >= 15 is 0 Å². The zero-order chi connectivity index (χ0) is 20.2. The average molecular weight is 389 g/mol. The van der Waals surface area contributed by atoms with Crippen LogP contribution < -0.4 is 0 Å². The Balaban J connectivity index is 1.53. The molecular weight excluding hydrogens is 362 g/mol. The van der Waals surface area contributed by atoms with Gasteiger partial charge >= 0.3 is 0 Å². The van der Waals surface area contributed by atoms with E-state index in [9.17, 15) is 10.1 Å².